The molecule has 5 N–H and O–H groups in total. The maximum atomic E-state index is 13.3. The molecule has 2 heterocycles. The van der Waals surface area contributed by atoms with Crippen LogP contribution in [0.5, 0.6) is 0 Å². The van der Waals surface area contributed by atoms with Gasteiger partial charge in [0.25, 0.3) is 0 Å². The highest BCUT2D eigenvalue weighted by Crippen LogP contribution is 2.24. The minimum absolute atomic E-state index is 0.0208. The minimum atomic E-state index is -4.85. The Kier molecular flexibility index (Phi) is 7.04. The van der Waals surface area contributed by atoms with Gasteiger partial charge in [0.15, 0.2) is 22.5 Å². The van der Waals surface area contributed by atoms with E-state index in [-0.39, 0.29) is 41.2 Å². The van der Waals surface area contributed by atoms with Crippen molar-refractivity contribution >= 4 is 51.2 Å². The lowest BCUT2D eigenvalue weighted by Crippen LogP contribution is -2.33. The van der Waals surface area contributed by atoms with Crippen LogP contribution in [-0.4, -0.2) is 48.8 Å². The lowest BCUT2D eigenvalue weighted by molar-refractivity contribution is -0.0394. The van der Waals surface area contributed by atoms with Crippen LogP contribution in [0.4, 0.5) is 29.2 Å². The lowest BCUT2D eigenvalue weighted by atomic mass is 10.2. The van der Waals surface area contributed by atoms with E-state index in [0.717, 1.165) is 6.07 Å². The third kappa shape index (κ3) is 5.66. The van der Waals surface area contributed by atoms with Gasteiger partial charge >= 0.3 is 5.51 Å². The second kappa shape index (κ2) is 9.55. The number of aromatic amines is 1. The summed E-state index contributed by atoms with van der Waals surface area (Å²) in [6, 6.07) is 5.26. The largest absolute Gasteiger partial charge is 0.485 e. The highest BCUT2D eigenvalue weighted by atomic mass is 35.5. The fourth-order valence-electron chi connectivity index (χ4n) is 2.43. The summed E-state index contributed by atoms with van der Waals surface area (Å²) in [6.07, 6.45) is 1.40. The predicted octanol–water partition coefficient (Wildman–Crippen LogP) is 2.99. The number of nitrogens with zero attached hydrogens (tertiary/aromatic N) is 3. The molecule has 0 bridgehead atoms. The summed E-state index contributed by atoms with van der Waals surface area (Å²) in [5.41, 5.74) is -1.71. The first-order valence-electron chi connectivity index (χ1n) is 8.44. The second-order valence-corrected chi connectivity index (χ2v) is 7.54. The predicted molar refractivity (Wildman–Crippen MR) is 107 cm³/mol. The molecule has 0 radical (unpaired) electrons. The zero-order chi connectivity index (χ0) is 22.6. The number of imidazole rings is 1. The van der Waals surface area contributed by atoms with Gasteiger partial charge in [0.1, 0.15) is 5.82 Å². The number of alkyl halides is 3. The van der Waals surface area contributed by atoms with Crippen molar-refractivity contribution in [2.24, 2.45) is 4.99 Å². The molecule has 1 aromatic carbocycles. The van der Waals surface area contributed by atoms with Gasteiger partial charge in [0.2, 0.25) is 5.95 Å². The van der Waals surface area contributed by atoms with Gasteiger partial charge < -0.3 is 10.3 Å². The topological polar surface area (TPSA) is 127 Å². The molecule has 0 saturated heterocycles. The van der Waals surface area contributed by atoms with E-state index < -0.39 is 22.3 Å². The van der Waals surface area contributed by atoms with Gasteiger partial charge in [-0.25, -0.2) is 23.3 Å². The fraction of sp³-hybridized carbons (Fsp3) is 0.188. The van der Waals surface area contributed by atoms with Crippen LogP contribution in [0.2, 0.25) is 5.02 Å². The number of anilines is 1. The molecule has 0 saturated carbocycles. The quantitative estimate of drug-likeness (QED) is 0.117. The number of aliphatic imine (C=N–C) groups is 1. The first kappa shape index (κ1) is 22.9. The van der Waals surface area contributed by atoms with Crippen LogP contribution in [-0.2, 0) is 11.0 Å². The summed E-state index contributed by atoms with van der Waals surface area (Å²) in [5, 5.41) is 12.1. The van der Waals surface area contributed by atoms with Crippen molar-refractivity contribution < 1.29 is 27.0 Å². The number of pyridine rings is 1. The maximum absolute atomic E-state index is 13.3. The molecule has 15 heteroatoms. The van der Waals surface area contributed by atoms with Crippen LogP contribution in [0.3, 0.4) is 0 Å². The molecule has 0 aliphatic heterocycles. The molecular formula is C16H14ClF4N7O2S. The highest BCUT2D eigenvalue weighted by Gasteiger charge is 2.36. The molecule has 31 heavy (non-hydrogen) atoms. The van der Waals surface area contributed by atoms with E-state index in [1.54, 1.807) is 0 Å². The number of amidine groups is 1. The number of aromatic nitrogens is 3. The van der Waals surface area contributed by atoms with Crippen LogP contribution in [0.25, 0.3) is 11.2 Å². The molecule has 3 rings (SSSR count). The number of nitrogens with one attached hydrogen (secondary N) is 4. The Bertz CT molecular complexity index is 1140. The minimum Gasteiger partial charge on any atom is -0.354 e. The van der Waals surface area contributed by atoms with Crippen LogP contribution in [0, 0.1) is 5.82 Å². The van der Waals surface area contributed by atoms with Crippen LogP contribution in [0.1, 0.15) is 5.56 Å². The number of hydrogen-bond acceptors (Lipinski definition) is 6. The molecule has 3 aromatic rings. The van der Waals surface area contributed by atoms with E-state index in [9.17, 15) is 27.0 Å². The molecular weight excluding hydrogens is 466 g/mol. The molecule has 166 valence electrons. The van der Waals surface area contributed by atoms with E-state index in [1.807, 2.05) is 10.2 Å². The first-order chi connectivity index (χ1) is 14.7. The van der Waals surface area contributed by atoms with Crippen molar-refractivity contribution in [1.29, 1.82) is 0 Å². The van der Waals surface area contributed by atoms with Crippen LogP contribution < -0.4 is 15.5 Å². The molecule has 0 fully saturated rings. The van der Waals surface area contributed by atoms with E-state index >= 15 is 0 Å². The Labute approximate surface area is 179 Å². The Hall–Kier alpha value is -2.81. The summed E-state index contributed by atoms with van der Waals surface area (Å²) in [4.78, 5) is 15.3. The number of hydrogen-bond donors (Lipinski definition) is 5. The van der Waals surface area contributed by atoms with Crippen molar-refractivity contribution in [3.63, 3.8) is 0 Å². The number of halogens is 5. The van der Waals surface area contributed by atoms with E-state index in [0.29, 0.717) is 11.1 Å². The number of H-pyrrole nitrogens is 1. The van der Waals surface area contributed by atoms with Crippen LogP contribution >= 0.6 is 11.6 Å². The van der Waals surface area contributed by atoms with Gasteiger partial charge in [0.05, 0.1) is 16.2 Å². The summed E-state index contributed by atoms with van der Waals surface area (Å²) < 4.78 is 62.7. The number of fused-ring (bicyclic) bond motifs is 1. The molecule has 1 unspecified atom stereocenters. The van der Waals surface area contributed by atoms with Gasteiger partial charge in [-0.3, -0.25) is 10.7 Å². The summed E-state index contributed by atoms with van der Waals surface area (Å²) in [6.45, 7) is -0.274. The Balaban J connectivity index is 1.79. The zero-order valence-electron chi connectivity index (χ0n) is 15.3. The third-order valence-electron chi connectivity index (χ3n) is 3.76. The Morgan fingerprint density at radius 1 is 1.29 bits per heavy atom. The molecule has 0 amide bonds. The van der Waals surface area contributed by atoms with E-state index in [2.05, 4.69) is 25.3 Å². The summed E-state index contributed by atoms with van der Waals surface area (Å²) in [5.74, 6) is -0.465. The Morgan fingerprint density at radius 2 is 2.06 bits per heavy atom. The standard InChI is InChI=1S/C16H14ClF4N7O2S/c17-10-7-8(1-2-11(10)18)25-13(28-29)9-3-4-22-14-12(9)26-15(27-14)23-5-6-24-31(30)16(19,20)21/h1-4,7,24,29H,5-6H2,(H,25,28)(H2,22,23,26,27). The molecule has 0 spiro atoms. The van der Waals surface area contributed by atoms with Crippen LogP contribution in [0.15, 0.2) is 35.5 Å². The average Bonchev–Trinajstić information content (AvgIpc) is 3.14. The average molecular weight is 480 g/mol. The van der Waals surface area contributed by atoms with Gasteiger partial charge in [-0.2, -0.15) is 18.2 Å². The lowest BCUT2D eigenvalue weighted by Gasteiger charge is -2.07. The smallest absolute Gasteiger partial charge is 0.354 e. The molecule has 1 atom stereocenters. The summed E-state index contributed by atoms with van der Waals surface area (Å²) >= 11 is 5.74. The van der Waals surface area contributed by atoms with E-state index in [1.165, 1.54) is 24.4 Å². The van der Waals surface area contributed by atoms with Crippen molar-refractivity contribution in [2.75, 3.05) is 18.4 Å². The first-order valence-corrected chi connectivity index (χ1v) is 9.96. The maximum Gasteiger partial charge on any atom is 0.485 e. The molecule has 9 nitrogen and oxygen atoms in total. The Morgan fingerprint density at radius 3 is 2.74 bits per heavy atom. The zero-order valence-corrected chi connectivity index (χ0v) is 16.9. The highest BCUT2D eigenvalue weighted by molar-refractivity contribution is 7.83. The van der Waals surface area contributed by atoms with Crippen molar-refractivity contribution in [3.05, 3.63) is 46.9 Å². The summed E-state index contributed by atoms with van der Waals surface area (Å²) in [7, 11) is -3.16. The third-order valence-corrected chi connectivity index (χ3v) is 4.93. The van der Waals surface area contributed by atoms with Crippen molar-refractivity contribution in [3.8, 4) is 0 Å². The molecule has 0 aliphatic rings. The van der Waals surface area contributed by atoms with Gasteiger partial charge in [-0.05, 0) is 24.3 Å². The fourth-order valence-corrected chi connectivity index (χ4v) is 3.05. The SMILES string of the molecule is O=S(NCCNc1nc2nccc(C(=Nc3ccc(F)c(Cl)c3)NO)c2[nH]1)C(F)(F)F. The van der Waals surface area contributed by atoms with Crippen molar-refractivity contribution in [1.82, 2.24) is 25.2 Å². The van der Waals surface area contributed by atoms with Gasteiger partial charge in [0, 0.05) is 24.8 Å². The van der Waals surface area contributed by atoms with Crippen molar-refractivity contribution in [2.45, 2.75) is 5.51 Å². The monoisotopic (exact) mass is 479 g/mol. The molecule has 0 aliphatic carbocycles. The van der Waals surface area contributed by atoms with Gasteiger partial charge in [-0.15, -0.1) is 0 Å². The van der Waals surface area contributed by atoms with Gasteiger partial charge in [-0.1, -0.05) is 11.6 Å². The number of benzene rings is 1. The van der Waals surface area contributed by atoms with E-state index in [4.69, 9.17) is 11.6 Å². The second-order valence-electron chi connectivity index (χ2n) is 5.85. The molecule has 2 aromatic heterocycles. The number of rotatable bonds is 7. The number of hydroxylamine groups is 1. The normalized spacial score (nSPS) is 13.4.